The van der Waals surface area contributed by atoms with Gasteiger partial charge in [0, 0.05) is 10.9 Å². The van der Waals surface area contributed by atoms with Gasteiger partial charge in [0.2, 0.25) is 0 Å². The lowest BCUT2D eigenvalue weighted by Gasteiger charge is -2.09. The van der Waals surface area contributed by atoms with E-state index in [4.69, 9.17) is 9.47 Å². The highest BCUT2D eigenvalue weighted by Gasteiger charge is 2.08. The van der Waals surface area contributed by atoms with Crippen molar-refractivity contribution in [2.75, 3.05) is 14.2 Å². The fourth-order valence-corrected chi connectivity index (χ4v) is 2.17. The topological polar surface area (TPSA) is 31.4 Å². The van der Waals surface area contributed by atoms with E-state index in [-0.39, 0.29) is 0 Å². The third-order valence-corrected chi connectivity index (χ3v) is 3.21. The highest BCUT2D eigenvalue weighted by atomic mass is 16.5. The molecule has 0 fully saturated rings. The van der Waals surface area contributed by atoms with Crippen molar-refractivity contribution in [3.05, 3.63) is 54.7 Å². The minimum absolute atomic E-state index is 0.686. The van der Waals surface area contributed by atoms with Crippen LogP contribution in [0, 0.1) is 6.20 Å². The Bertz CT molecular complexity index is 739. The molecule has 3 rings (SSSR count). The molecule has 20 heavy (non-hydrogen) atoms. The summed E-state index contributed by atoms with van der Waals surface area (Å²) in [5, 5.41) is 1.93. The van der Waals surface area contributed by atoms with Crippen LogP contribution in [0.25, 0.3) is 22.0 Å². The first-order valence-electron chi connectivity index (χ1n) is 6.31. The average molecular weight is 264 g/mol. The van der Waals surface area contributed by atoms with Crippen LogP contribution in [-0.4, -0.2) is 19.2 Å². The normalized spacial score (nSPS) is 10.5. The van der Waals surface area contributed by atoms with Crippen LogP contribution in [0.5, 0.6) is 11.5 Å². The maximum Gasteiger partial charge on any atom is 0.161 e. The Morgan fingerprint density at radius 1 is 0.900 bits per heavy atom. The van der Waals surface area contributed by atoms with Gasteiger partial charge in [-0.15, -0.1) is 0 Å². The maximum absolute atomic E-state index is 5.33. The third-order valence-electron chi connectivity index (χ3n) is 3.21. The second-order valence-corrected chi connectivity index (χ2v) is 4.41. The molecule has 3 nitrogen and oxygen atoms in total. The lowest BCUT2D eigenvalue weighted by molar-refractivity contribution is 0.356. The number of hydrogen-bond donors (Lipinski definition) is 0. The van der Waals surface area contributed by atoms with Crippen LogP contribution in [-0.2, 0) is 0 Å². The zero-order valence-corrected chi connectivity index (χ0v) is 11.4. The fourth-order valence-electron chi connectivity index (χ4n) is 2.17. The third kappa shape index (κ3) is 2.18. The van der Waals surface area contributed by atoms with Crippen LogP contribution in [0.2, 0.25) is 0 Å². The van der Waals surface area contributed by atoms with Gasteiger partial charge in [-0.1, -0.05) is 30.3 Å². The summed E-state index contributed by atoms with van der Waals surface area (Å²) in [6.45, 7) is 0. The van der Waals surface area contributed by atoms with Crippen LogP contribution >= 0.6 is 0 Å². The van der Waals surface area contributed by atoms with Gasteiger partial charge in [-0.2, -0.15) is 0 Å². The van der Waals surface area contributed by atoms with Crippen molar-refractivity contribution in [3.8, 4) is 22.8 Å². The molecule has 0 N–H and O–H groups in total. The van der Waals surface area contributed by atoms with Crippen molar-refractivity contribution in [2.45, 2.75) is 0 Å². The molecule has 1 radical (unpaired) electrons. The van der Waals surface area contributed by atoms with Crippen LogP contribution < -0.4 is 9.47 Å². The molecule has 2 aromatic carbocycles. The Hall–Kier alpha value is -2.55. The van der Waals surface area contributed by atoms with E-state index in [1.165, 1.54) is 0 Å². The van der Waals surface area contributed by atoms with E-state index < -0.39 is 0 Å². The van der Waals surface area contributed by atoms with Gasteiger partial charge in [0.15, 0.2) is 11.5 Å². The number of methoxy groups -OCH3 is 2. The molecular weight excluding hydrogens is 250 g/mol. The number of fused-ring (bicyclic) bond motifs is 1. The monoisotopic (exact) mass is 264 g/mol. The number of hydrogen-bond acceptors (Lipinski definition) is 3. The van der Waals surface area contributed by atoms with Gasteiger partial charge < -0.3 is 9.47 Å². The summed E-state index contributed by atoms with van der Waals surface area (Å²) >= 11 is 0. The predicted octanol–water partition coefficient (Wildman–Crippen LogP) is 3.72. The van der Waals surface area contributed by atoms with Gasteiger partial charge >= 0.3 is 0 Å². The molecule has 0 aliphatic rings. The molecule has 0 unspecified atom stereocenters. The first-order chi connectivity index (χ1) is 9.81. The smallest absolute Gasteiger partial charge is 0.161 e. The molecule has 99 valence electrons. The maximum atomic E-state index is 5.33. The fraction of sp³-hybridized carbons (Fsp3) is 0.118. The molecule has 0 saturated carbocycles. The van der Waals surface area contributed by atoms with E-state index >= 15 is 0 Å². The van der Waals surface area contributed by atoms with Gasteiger partial charge in [0.1, 0.15) is 0 Å². The standard InChI is InChI=1S/C17H14NO2/c1-19-16-9-13-8-15(12-6-4-3-5-7-12)18-11-14(13)10-17(16)20-2/h3-10H,1-2H3. The second-order valence-electron chi connectivity index (χ2n) is 4.41. The van der Waals surface area contributed by atoms with E-state index in [0.717, 1.165) is 22.0 Å². The molecule has 3 aromatic rings. The van der Waals surface area contributed by atoms with Crippen LogP contribution in [0.15, 0.2) is 48.5 Å². The molecule has 3 heteroatoms. The second kappa shape index (κ2) is 5.21. The quantitative estimate of drug-likeness (QED) is 0.722. The zero-order valence-electron chi connectivity index (χ0n) is 11.4. The van der Waals surface area contributed by atoms with Crippen LogP contribution in [0.4, 0.5) is 0 Å². The first-order valence-corrected chi connectivity index (χ1v) is 6.31. The van der Waals surface area contributed by atoms with E-state index in [0.29, 0.717) is 11.5 Å². The molecule has 0 aliphatic heterocycles. The van der Waals surface area contributed by atoms with Gasteiger partial charge in [-0.25, -0.2) is 4.98 Å². The number of rotatable bonds is 3. The molecular formula is C17H14NO2. The van der Waals surface area contributed by atoms with Crippen molar-refractivity contribution < 1.29 is 9.47 Å². The highest BCUT2D eigenvalue weighted by Crippen LogP contribution is 2.33. The van der Waals surface area contributed by atoms with Gasteiger partial charge in [0.05, 0.1) is 26.1 Å². The summed E-state index contributed by atoms with van der Waals surface area (Å²) in [6.07, 6.45) is 3.06. The lowest BCUT2D eigenvalue weighted by atomic mass is 10.1. The molecule has 0 aliphatic carbocycles. The van der Waals surface area contributed by atoms with Crippen molar-refractivity contribution in [3.63, 3.8) is 0 Å². The summed E-state index contributed by atoms with van der Waals surface area (Å²) in [6, 6.07) is 15.9. The minimum Gasteiger partial charge on any atom is -0.493 e. The zero-order chi connectivity index (χ0) is 13.9. The van der Waals surface area contributed by atoms with E-state index in [9.17, 15) is 0 Å². The van der Waals surface area contributed by atoms with Gasteiger partial charge in [-0.05, 0) is 23.6 Å². The predicted molar refractivity (Wildman–Crippen MR) is 79.1 cm³/mol. The van der Waals surface area contributed by atoms with E-state index in [1.807, 2.05) is 48.5 Å². The van der Waals surface area contributed by atoms with Crippen molar-refractivity contribution in [2.24, 2.45) is 0 Å². The van der Waals surface area contributed by atoms with Gasteiger partial charge in [0.25, 0.3) is 0 Å². The summed E-state index contributed by atoms with van der Waals surface area (Å²) < 4.78 is 10.6. The Labute approximate surface area is 117 Å². The van der Waals surface area contributed by atoms with Gasteiger partial charge in [-0.3, -0.25) is 0 Å². The molecule has 0 spiro atoms. The molecule has 0 saturated heterocycles. The SMILES string of the molecule is COc1cc2[c]nc(-c3ccccc3)cc2cc1OC. The Morgan fingerprint density at radius 2 is 1.60 bits per heavy atom. The van der Waals surface area contributed by atoms with Crippen molar-refractivity contribution in [1.82, 2.24) is 4.98 Å². The van der Waals surface area contributed by atoms with Crippen LogP contribution in [0.1, 0.15) is 0 Å². The largest absolute Gasteiger partial charge is 0.493 e. The van der Waals surface area contributed by atoms with Crippen LogP contribution in [0.3, 0.4) is 0 Å². The molecule has 0 bridgehead atoms. The van der Waals surface area contributed by atoms with Crippen molar-refractivity contribution >= 4 is 10.8 Å². The molecule has 0 atom stereocenters. The molecule has 1 aromatic heterocycles. The summed E-state index contributed by atoms with van der Waals surface area (Å²) in [7, 11) is 3.25. The minimum atomic E-state index is 0.686. The lowest BCUT2D eigenvalue weighted by Crippen LogP contribution is -1.91. The number of benzene rings is 2. The van der Waals surface area contributed by atoms with Crippen molar-refractivity contribution in [1.29, 1.82) is 0 Å². The number of ether oxygens (including phenoxy) is 2. The summed E-state index contributed by atoms with van der Waals surface area (Å²) in [4.78, 5) is 4.39. The first kappa shape index (κ1) is 12.5. The van der Waals surface area contributed by atoms with E-state index in [2.05, 4.69) is 11.2 Å². The summed E-state index contributed by atoms with van der Waals surface area (Å²) in [5.74, 6) is 1.39. The Balaban J connectivity index is 2.16. The Kier molecular flexibility index (Phi) is 3.25. The molecule has 0 amide bonds. The number of nitrogens with zero attached hydrogens (tertiary/aromatic N) is 1. The number of aromatic nitrogens is 1. The van der Waals surface area contributed by atoms with E-state index in [1.54, 1.807) is 14.2 Å². The molecule has 1 heterocycles. The number of pyridine rings is 1. The average Bonchev–Trinajstić information content (AvgIpc) is 2.53. The highest BCUT2D eigenvalue weighted by molar-refractivity contribution is 5.87. The Morgan fingerprint density at radius 3 is 2.30 bits per heavy atom. The summed E-state index contributed by atoms with van der Waals surface area (Å²) in [5.41, 5.74) is 1.96.